The van der Waals surface area contributed by atoms with Crippen molar-refractivity contribution >= 4 is 15.9 Å². The van der Waals surface area contributed by atoms with Crippen LogP contribution >= 0.6 is 0 Å². The van der Waals surface area contributed by atoms with Crippen LogP contribution in [0.5, 0.6) is 5.75 Å². The minimum atomic E-state index is -3.75. The van der Waals surface area contributed by atoms with Crippen LogP contribution in [0, 0.1) is 0 Å². The quantitative estimate of drug-likeness (QED) is 0.737. The van der Waals surface area contributed by atoms with Crippen LogP contribution < -0.4 is 10.5 Å². The van der Waals surface area contributed by atoms with E-state index in [-0.39, 0.29) is 4.90 Å². The Bertz CT molecular complexity index is 630. The van der Waals surface area contributed by atoms with Gasteiger partial charge in [-0.15, -0.1) is 0 Å². The van der Waals surface area contributed by atoms with Gasteiger partial charge in [0.05, 0.1) is 11.5 Å². The Labute approximate surface area is 136 Å². The van der Waals surface area contributed by atoms with Crippen molar-refractivity contribution in [2.75, 3.05) is 26.9 Å². The summed E-state index contributed by atoms with van der Waals surface area (Å²) in [5, 5.41) is 0. The topological polar surface area (TPSA) is 98.9 Å². The summed E-state index contributed by atoms with van der Waals surface area (Å²) in [5.74, 6) is -0.0427. The predicted molar refractivity (Wildman–Crippen MR) is 84.5 cm³/mol. The molecule has 0 saturated carbocycles. The van der Waals surface area contributed by atoms with Gasteiger partial charge in [-0.2, -0.15) is 4.31 Å². The molecule has 7 nitrogen and oxygen atoms in total. The molecule has 2 rings (SSSR count). The lowest BCUT2D eigenvalue weighted by molar-refractivity contribution is -0.122. The Balaban J connectivity index is 2.16. The van der Waals surface area contributed by atoms with Gasteiger partial charge in [0.15, 0.2) is 0 Å². The molecule has 1 fully saturated rings. The van der Waals surface area contributed by atoms with E-state index in [1.807, 2.05) is 0 Å². The maximum absolute atomic E-state index is 12.7. The van der Waals surface area contributed by atoms with E-state index in [1.54, 1.807) is 19.2 Å². The number of hydrogen-bond donors (Lipinski definition) is 1. The zero-order valence-corrected chi connectivity index (χ0v) is 13.9. The Morgan fingerprint density at radius 3 is 2.57 bits per heavy atom. The normalized spacial score (nSPS) is 19.4. The zero-order chi connectivity index (χ0) is 16.9. The third-order valence-electron chi connectivity index (χ3n) is 3.77. The highest BCUT2D eigenvalue weighted by Crippen LogP contribution is 2.26. The van der Waals surface area contributed by atoms with Crippen molar-refractivity contribution in [3.05, 3.63) is 24.3 Å². The summed E-state index contributed by atoms with van der Waals surface area (Å²) in [6, 6.07) is 5.36. The number of carbonyl (C=O) groups is 1. The van der Waals surface area contributed by atoms with E-state index in [4.69, 9.17) is 15.2 Å². The van der Waals surface area contributed by atoms with Crippen molar-refractivity contribution in [3.8, 4) is 5.75 Å². The summed E-state index contributed by atoms with van der Waals surface area (Å²) in [6.45, 7) is 1.15. The van der Waals surface area contributed by atoms with Gasteiger partial charge >= 0.3 is 0 Å². The number of methoxy groups -OCH3 is 1. The molecule has 1 aliphatic heterocycles. The van der Waals surface area contributed by atoms with Crippen molar-refractivity contribution in [2.24, 2.45) is 5.73 Å². The number of amides is 1. The first-order valence-electron chi connectivity index (χ1n) is 7.50. The molecule has 1 aromatic rings. The van der Waals surface area contributed by atoms with Gasteiger partial charge in [-0.05, 0) is 37.1 Å². The van der Waals surface area contributed by atoms with Crippen LogP contribution in [0.25, 0.3) is 0 Å². The Morgan fingerprint density at radius 1 is 1.26 bits per heavy atom. The lowest BCUT2D eigenvalue weighted by Gasteiger charge is -2.32. The van der Waals surface area contributed by atoms with Gasteiger partial charge in [-0.3, -0.25) is 4.79 Å². The van der Waals surface area contributed by atoms with Crippen molar-refractivity contribution in [1.82, 2.24) is 4.31 Å². The molecule has 0 aromatic heterocycles. The average Bonchev–Trinajstić information content (AvgIpc) is 2.55. The van der Waals surface area contributed by atoms with Gasteiger partial charge in [-0.25, -0.2) is 8.42 Å². The fourth-order valence-electron chi connectivity index (χ4n) is 2.56. The first kappa shape index (κ1) is 17.7. The van der Waals surface area contributed by atoms with Gasteiger partial charge in [0.25, 0.3) is 0 Å². The van der Waals surface area contributed by atoms with Gasteiger partial charge in [-0.1, -0.05) is 6.42 Å². The SMILES string of the molecule is COCCOc1ccc(S(=O)(=O)N2CCCCC2C(N)=O)cc1. The van der Waals surface area contributed by atoms with Gasteiger partial charge < -0.3 is 15.2 Å². The van der Waals surface area contributed by atoms with E-state index in [9.17, 15) is 13.2 Å². The zero-order valence-electron chi connectivity index (χ0n) is 13.1. The van der Waals surface area contributed by atoms with Gasteiger partial charge in [0, 0.05) is 13.7 Å². The number of carbonyl (C=O) groups excluding carboxylic acids is 1. The molecule has 8 heteroatoms. The second kappa shape index (κ2) is 7.76. The summed E-state index contributed by atoms with van der Waals surface area (Å²) in [6.07, 6.45) is 1.99. The van der Waals surface area contributed by atoms with Crippen molar-refractivity contribution in [2.45, 2.75) is 30.2 Å². The number of rotatable bonds is 7. The Hall–Kier alpha value is -1.64. The highest BCUT2D eigenvalue weighted by atomic mass is 32.2. The molecular formula is C15H22N2O5S. The molecule has 1 aliphatic rings. The van der Waals surface area contributed by atoms with Gasteiger partial charge in [0.1, 0.15) is 18.4 Å². The first-order valence-corrected chi connectivity index (χ1v) is 8.94. The van der Waals surface area contributed by atoms with Crippen molar-refractivity contribution in [1.29, 1.82) is 0 Å². The maximum atomic E-state index is 12.7. The van der Waals surface area contributed by atoms with E-state index < -0.39 is 22.0 Å². The van der Waals surface area contributed by atoms with Crippen LogP contribution in [0.1, 0.15) is 19.3 Å². The van der Waals surface area contributed by atoms with E-state index in [0.717, 1.165) is 12.8 Å². The van der Waals surface area contributed by atoms with E-state index >= 15 is 0 Å². The number of hydrogen-bond acceptors (Lipinski definition) is 5. The second-order valence-corrected chi connectivity index (χ2v) is 7.23. The third kappa shape index (κ3) is 4.21. The molecule has 23 heavy (non-hydrogen) atoms. The molecule has 1 amide bonds. The number of benzene rings is 1. The minimum absolute atomic E-state index is 0.129. The molecule has 128 valence electrons. The molecule has 0 spiro atoms. The lowest BCUT2D eigenvalue weighted by atomic mass is 10.0. The maximum Gasteiger partial charge on any atom is 0.243 e. The van der Waals surface area contributed by atoms with Crippen LogP contribution in [0.2, 0.25) is 0 Å². The number of piperidine rings is 1. The average molecular weight is 342 g/mol. The molecule has 0 aliphatic carbocycles. The van der Waals surface area contributed by atoms with Crippen LogP contribution in [0.4, 0.5) is 0 Å². The second-order valence-electron chi connectivity index (χ2n) is 5.34. The summed E-state index contributed by atoms with van der Waals surface area (Å²) in [4.78, 5) is 11.7. The van der Waals surface area contributed by atoms with E-state index in [1.165, 1.54) is 16.4 Å². The summed E-state index contributed by atoms with van der Waals surface area (Å²) in [5.41, 5.74) is 5.35. The number of sulfonamides is 1. The van der Waals surface area contributed by atoms with Crippen LogP contribution in [0.3, 0.4) is 0 Å². The molecule has 1 heterocycles. The van der Waals surface area contributed by atoms with E-state index in [0.29, 0.717) is 31.9 Å². The highest BCUT2D eigenvalue weighted by Gasteiger charge is 2.36. The van der Waals surface area contributed by atoms with Crippen LogP contribution in [-0.4, -0.2) is 51.5 Å². The molecule has 1 saturated heterocycles. The number of nitrogens with zero attached hydrogens (tertiary/aromatic N) is 1. The largest absolute Gasteiger partial charge is 0.491 e. The van der Waals surface area contributed by atoms with E-state index in [2.05, 4.69) is 0 Å². The molecular weight excluding hydrogens is 320 g/mol. The fourth-order valence-corrected chi connectivity index (χ4v) is 4.23. The Morgan fingerprint density at radius 2 is 1.96 bits per heavy atom. The summed E-state index contributed by atoms with van der Waals surface area (Å²) in [7, 11) is -2.17. The number of primary amides is 1. The smallest absolute Gasteiger partial charge is 0.243 e. The lowest BCUT2D eigenvalue weighted by Crippen LogP contribution is -2.50. The van der Waals surface area contributed by atoms with Gasteiger partial charge in [0.2, 0.25) is 15.9 Å². The Kier molecular flexibility index (Phi) is 5.97. The molecule has 0 radical (unpaired) electrons. The standard InChI is InChI=1S/C15H22N2O5S/c1-21-10-11-22-12-5-7-13(8-6-12)23(19,20)17-9-3-2-4-14(17)15(16)18/h5-8,14H,2-4,9-11H2,1H3,(H2,16,18). The molecule has 1 atom stereocenters. The highest BCUT2D eigenvalue weighted by molar-refractivity contribution is 7.89. The summed E-state index contributed by atoms with van der Waals surface area (Å²) < 4.78 is 37.0. The first-order chi connectivity index (χ1) is 11.0. The molecule has 1 aromatic carbocycles. The number of nitrogens with two attached hydrogens (primary N) is 1. The number of ether oxygens (including phenoxy) is 2. The van der Waals surface area contributed by atoms with Crippen molar-refractivity contribution < 1.29 is 22.7 Å². The fraction of sp³-hybridized carbons (Fsp3) is 0.533. The molecule has 2 N–H and O–H groups in total. The monoisotopic (exact) mass is 342 g/mol. The molecule has 0 bridgehead atoms. The summed E-state index contributed by atoms with van der Waals surface area (Å²) >= 11 is 0. The van der Waals surface area contributed by atoms with Crippen LogP contribution in [0.15, 0.2) is 29.2 Å². The predicted octanol–water partition coefficient (Wildman–Crippen LogP) is 0.740. The molecule has 1 unspecified atom stereocenters. The third-order valence-corrected chi connectivity index (χ3v) is 5.69. The van der Waals surface area contributed by atoms with Crippen molar-refractivity contribution in [3.63, 3.8) is 0 Å². The minimum Gasteiger partial charge on any atom is -0.491 e. The van der Waals surface area contributed by atoms with Crippen LogP contribution in [-0.2, 0) is 19.6 Å².